The van der Waals surface area contributed by atoms with E-state index in [9.17, 15) is 5.11 Å². The zero-order chi connectivity index (χ0) is 10.0. The van der Waals surface area contributed by atoms with Crippen molar-refractivity contribution in [2.24, 2.45) is 5.73 Å². The van der Waals surface area contributed by atoms with Crippen LogP contribution in [0.5, 0.6) is 5.75 Å². The molecule has 5 heteroatoms. The van der Waals surface area contributed by atoms with Crippen LogP contribution in [0.15, 0.2) is 16.6 Å². The average Bonchev–Trinajstić information content (AvgIpc) is 2.10. The molecule has 1 atom stereocenters. The van der Waals surface area contributed by atoms with Crippen LogP contribution in [-0.4, -0.2) is 5.11 Å². The van der Waals surface area contributed by atoms with Crippen molar-refractivity contribution in [2.45, 2.75) is 6.04 Å². The number of hydrogen-bond acceptors (Lipinski definition) is 3. The number of phenolic OH excluding ortho intramolecular Hbond substituents is 1. The standard InChI is InChI=1S/C8H6BrClN2O/c9-4-1-5(7(12)3-11)8(13)6(10)2-4/h1-2,7,13H,12H2. The lowest BCUT2D eigenvalue weighted by molar-refractivity contribution is 0.466. The second kappa shape index (κ2) is 3.97. The van der Waals surface area contributed by atoms with Crippen LogP contribution < -0.4 is 5.73 Å². The molecule has 0 radical (unpaired) electrons. The molecule has 0 saturated carbocycles. The van der Waals surface area contributed by atoms with Crippen molar-refractivity contribution in [3.63, 3.8) is 0 Å². The van der Waals surface area contributed by atoms with Crippen LogP contribution in [0.4, 0.5) is 0 Å². The topological polar surface area (TPSA) is 70.0 Å². The number of halogens is 2. The van der Waals surface area contributed by atoms with E-state index in [1.165, 1.54) is 6.07 Å². The first-order chi connectivity index (χ1) is 6.06. The van der Waals surface area contributed by atoms with Crippen LogP contribution in [0.25, 0.3) is 0 Å². The number of phenols is 1. The highest BCUT2D eigenvalue weighted by molar-refractivity contribution is 9.10. The molecular formula is C8H6BrClN2O. The van der Waals surface area contributed by atoms with Gasteiger partial charge in [-0.3, -0.25) is 0 Å². The minimum absolute atomic E-state index is 0.140. The number of hydrogen-bond donors (Lipinski definition) is 2. The van der Waals surface area contributed by atoms with E-state index in [4.69, 9.17) is 22.6 Å². The molecule has 1 rings (SSSR count). The smallest absolute Gasteiger partial charge is 0.140 e. The lowest BCUT2D eigenvalue weighted by atomic mass is 10.1. The summed E-state index contributed by atoms with van der Waals surface area (Å²) in [5.41, 5.74) is 5.75. The normalized spacial score (nSPS) is 12.2. The highest BCUT2D eigenvalue weighted by atomic mass is 79.9. The van der Waals surface area contributed by atoms with Crippen molar-refractivity contribution < 1.29 is 5.11 Å². The maximum absolute atomic E-state index is 9.44. The molecule has 0 bridgehead atoms. The monoisotopic (exact) mass is 260 g/mol. The van der Waals surface area contributed by atoms with Gasteiger partial charge >= 0.3 is 0 Å². The molecular weight excluding hydrogens is 255 g/mol. The van der Waals surface area contributed by atoms with E-state index in [-0.39, 0.29) is 10.8 Å². The summed E-state index contributed by atoms with van der Waals surface area (Å²) >= 11 is 8.86. The molecule has 1 aromatic carbocycles. The van der Waals surface area contributed by atoms with Gasteiger partial charge in [-0.25, -0.2) is 0 Å². The highest BCUT2D eigenvalue weighted by Crippen LogP contribution is 2.33. The van der Waals surface area contributed by atoms with Crippen LogP contribution >= 0.6 is 27.5 Å². The van der Waals surface area contributed by atoms with Gasteiger partial charge in [0.25, 0.3) is 0 Å². The SMILES string of the molecule is N#CC(N)c1cc(Br)cc(Cl)c1O. The summed E-state index contributed by atoms with van der Waals surface area (Å²) in [7, 11) is 0. The molecule has 3 nitrogen and oxygen atoms in total. The Kier molecular flexibility index (Phi) is 3.15. The van der Waals surface area contributed by atoms with E-state index in [1.54, 1.807) is 6.07 Å². The number of nitrogens with zero attached hydrogens (tertiary/aromatic N) is 1. The Bertz CT molecular complexity index is 375. The first-order valence-corrected chi connectivity index (χ1v) is 4.56. The van der Waals surface area contributed by atoms with E-state index in [1.807, 2.05) is 6.07 Å². The van der Waals surface area contributed by atoms with Crippen molar-refractivity contribution in [3.05, 3.63) is 27.2 Å². The first kappa shape index (κ1) is 10.3. The zero-order valence-electron chi connectivity index (χ0n) is 6.46. The molecule has 1 unspecified atom stereocenters. The summed E-state index contributed by atoms with van der Waals surface area (Å²) in [6.07, 6.45) is 0. The Hall–Kier alpha value is -0.760. The Morgan fingerprint density at radius 1 is 1.62 bits per heavy atom. The molecule has 0 aliphatic carbocycles. The van der Waals surface area contributed by atoms with Crippen LogP contribution in [0.1, 0.15) is 11.6 Å². The van der Waals surface area contributed by atoms with Gasteiger partial charge in [0.15, 0.2) is 0 Å². The number of rotatable bonds is 1. The summed E-state index contributed by atoms with van der Waals surface area (Å²) in [5.74, 6) is -0.140. The zero-order valence-corrected chi connectivity index (χ0v) is 8.80. The minimum atomic E-state index is -0.866. The molecule has 13 heavy (non-hydrogen) atoms. The van der Waals surface area contributed by atoms with Gasteiger partial charge in [0.1, 0.15) is 11.8 Å². The third-order valence-electron chi connectivity index (χ3n) is 1.53. The lowest BCUT2D eigenvalue weighted by Crippen LogP contribution is -2.07. The average molecular weight is 262 g/mol. The molecule has 3 N–H and O–H groups in total. The predicted octanol–water partition coefficient (Wildman–Crippen LogP) is 2.33. The number of nitrogens with two attached hydrogens (primary N) is 1. The maximum atomic E-state index is 9.44. The van der Waals surface area contributed by atoms with Crippen LogP contribution in [0.3, 0.4) is 0 Å². The van der Waals surface area contributed by atoms with Crippen molar-refractivity contribution in [1.29, 1.82) is 5.26 Å². The molecule has 0 spiro atoms. The van der Waals surface area contributed by atoms with E-state index in [0.717, 1.165) is 0 Å². The van der Waals surface area contributed by atoms with Gasteiger partial charge < -0.3 is 10.8 Å². The summed E-state index contributed by atoms with van der Waals surface area (Å²) in [6.45, 7) is 0. The number of nitriles is 1. The minimum Gasteiger partial charge on any atom is -0.506 e. The highest BCUT2D eigenvalue weighted by Gasteiger charge is 2.13. The first-order valence-electron chi connectivity index (χ1n) is 3.39. The van der Waals surface area contributed by atoms with E-state index >= 15 is 0 Å². The fraction of sp³-hybridized carbons (Fsp3) is 0.125. The fourth-order valence-corrected chi connectivity index (χ4v) is 1.73. The van der Waals surface area contributed by atoms with E-state index in [0.29, 0.717) is 10.0 Å². The van der Waals surface area contributed by atoms with Gasteiger partial charge in [-0.15, -0.1) is 0 Å². The Morgan fingerprint density at radius 2 is 2.23 bits per heavy atom. The molecule has 0 amide bonds. The fourth-order valence-electron chi connectivity index (χ4n) is 0.893. The van der Waals surface area contributed by atoms with Gasteiger partial charge in [-0.1, -0.05) is 27.5 Å². The third kappa shape index (κ3) is 2.13. The van der Waals surface area contributed by atoms with Gasteiger partial charge in [0.05, 0.1) is 11.1 Å². The van der Waals surface area contributed by atoms with Crippen LogP contribution in [-0.2, 0) is 0 Å². The Morgan fingerprint density at radius 3 is 2.77 bits per heavy atom. The molecule has 0 aromatic heterocycles. The lowest BCUT2D eigenvalue weighted by Gasteiger charge is -2.08. The summed E-state index contributed by atoms with van der Waals surface area (Å²) in [6, 6.07) is 4.05. The Balaban J connectivity index is 3.30. The molecule has 0 aliphatic heterocycles. The Labute approximate surface area is 88.9 Å². The molecule has 0 fully saturated rings. The summed E-state index contributed by atoms with van der Waals surface area (Å²) in [4.78, 5) is 0. The van der Waals surface area contributed by atoms with Gasteiger partial charge in [-0.05, 0) is 12.1 Å². The van der Waals surface area contributed by atoms with Gasteiger partial charge in [0.2, 0.25) is 0 Å². The second-order valence-electron chi connectivity index (χ2n) is 2.43. The third-order valence-corrected chi connectivity index (χ3v) is 2.28. The second-order valence-corrected chi connectivity index (χ2v) is 3.76. The summed E-state index contributed by atoms with van der Waals surface area (Å²) in [5, 5.41) is 18.2. The van der Waals surface area contributed by atoms with Crippen molar-refractivity contribution in [1.82, 2.24) is 0 Å². The van der Waals surface area contributed by atoms with Crippen molar-refractivity contribution in [3.8, 4) is 11.8 Å². The largest absolute Gasteiger partial charge is 0.506 e. The molecule has 68 valence electrons. The van der Waals surface area contributed by atoms with Gasteiger partial charge in [0, 0.05) is 10.0 Å². The number of aromatic hydroxyl groups is 1. The summed E-state index contributed by atoms with van der Waals surface area (Å²) < 4.78 is 0.677. The van der Waals surface area contributed by atoms with E-state index < -0.39 is 6.04 Å². The number of benzene rings is 1. The van der Waals surface area contributed by atoms with Gasteiger partial charge in [-0.2, -0.15) is 5.26 Å². The van der Waals surface area contributed by atoms with Crippen LogP contribution in [0, 0.1) is 11.3 Å². The van der Waals surface area contributed by atoms with E-state index in [2.05, 4.69) is 15.9 Å². The van der Waals surface area contributed by atoms with Crippen molar-refractivity contribution in [2.75, 3.05) is 0 Å². The maximum Gasteiger partial charge on any atom is 0.140 e. The van der Waals surface area contributed by atoms with Crippen LogP contribution in [0.2, 0.25) is 5.02 Å². The molecule has 0 heterocycles. The molecule has 1 aromatic rings. The molecule has 0 saturated heterocycles. The predicted molar refractivity (Wildman–Crippen MR) is 53.4 cm³/mol. The molecule has 0 aliphatic rings. The van der Waals surface area contributed by atoms with Crippen molar-refractivity contribution >= 4 is 27.5 Å². The quantitative estimate of drug-likeness (QED) is 0.815.